The SMILES string of the molecule is CNCC(O)c1cc(C)cc2c1OCCO2. The van der Waals surface area contributed by atoms with Gasteiger partial charge in [0.05, 0.1) is 6.10 Å². The van der Waals surface area contributed by atoms with E-state index < -0.39 is 6.10 Å². The quantitative estimate of drug-likeness (QED) is 0.803. The highest BCUT2D eigenvalue weighted by atomic mass is 16.6. The van der Waals surface area contributed by atoms with E-state index in [0.29, 0.717) is 25.5 Å². The zero-order chi connectivity index (χ0) is 11.5. The molecule has 2 rings (SSSR count). The van der Waals surface area contributed by atoms with Crippen molar-refractivity contribution in [2.24, 2.45) is 0 Å². The number of nitrogens with one attached hydrogen (secondary N) is 1. The van der Waals surface area contributed by atoms with Gasteiger partial charge in [-0.1, -0.05) is 0 Å². The molecule has 0 saturated carbocycles. The number of benzene rings is 1. The van der Waals surface area contributed by atoms with Crippen molar-refractivity contribution in [3.63, 3.8) is 0 Å². The van der Waals surface area contributed by atoms with Gasteiger partial charge in [-0.15, -0.1) is 0 Å². The third kappa shape index (κ3) is 2.13. The molecule has 0 spiro atoms. The molecule has 88 valence electrons. The summed E-state index contributed by atoms with van der Waals surface area (Å²) in [5, 5.41) is 12.9. The summed E-state index contributed by atoms with van der Waals surface area (Å²) in [6.45, 7) is 3.58. The Labute approximate surface area is 95.2 Å². The standard InChI is InChI=1S/C12H17NO3/c1-8-5-9(10(14)7-13-2)12-11(6-8)15-3-4-16-12/h5-6,10,13-14H,3-4,7H2,1-2H3. The lowest BCUT2D eigenvalue weighted by molar-refractivity contribution is 0.146. The van der Waals surface area contributed by atoms with E-state index in [1.807, 2.05) is 26.1 Å². The molecule has 2 N–H and O–H groups in total. The molecular weight excluding hydrogens is 206 g/mol. The number of hydrogen-bond donors (Lipinski definition) is 2. The predicted molar refractivity (Wildman–Crippen MR) is 61.1 cm³/mol. The second kappa shape index (κ2) is 4.72. The average molecular weight is 223 g/mol. The van der Waals surface area contributed by atoms with Crippen molar-refractivity contribution < 1.29 is 14.6 Å². The van der Waals surface area contributed by atoms with Crippen molar-refractivity contribution >= 4 is 0 Å². The van der Waals surface area contributed by atoms with Crippen molar-refractivity contribution in [1.82, 2.24) is 5.32 Å². The van der Waals surface area contributed by atoms with Crippen LogP contribution in [-0.4, -0.2) is 31.9 Å². The predicted octanol–water partition coefficient (Wildman–Crippen LogP) is 1.02. The summed E-state index contributed by atoms with van der Waals surface area (Å²) in [6.07, 6.45) is -0.569. The number of rotatable bonds is 3. The first-order valence-corrected chi connectivity index (χ1v) is 5.45. The van der Waals surface area contributed by atoms with E-state index in [9.17, 15) is 5.11 Å². The minimum absolute atomic E-state index is 0.499. The number of aliphatic hydroxyl groups excluding tert-OH is 1. The Hall–Kier alpha value is -1.26. The minimum Gasteiger partial charge on any atom is -0.486 e. The zero-order valence-corrected chi connectivity index (χ0v) is 9.62. The highest BCUT2D eigenvalue weighted by Crippen LogP contribution is 2.38. The van der Waals surface area contributed by atoms with E-state index >= 15 is 0 Å². The van der Waals surface area contributed by atoms with Gasteiger partial charge in [-0.25, -0.2) is 0 Å². The first-order chi connectivity index (χ1) is 7.72. The van der Waals surface area contributed by atoms with E-state index in [1.54, 1.807) is 0 Å². The van der Waals surface area contributed by atoms with Crippen LogP contribution in [0.3, 0.4) is 0 Å². The third-order valence-corrected chi connectivity index (χ3v) is 2.57. The third-order valence-electron chi connectivity index (χ3n) is 2.57. The number of fused-ring (bicyclic) bond motifs is 1. The Bertz CT molecular complexity index is 379. The molecule has 16 heavy (non-hydrogen) atoms. The molecule has 1 heterocycles. The van der Waals surface area contributed by atoms with Gasteiger partial charge in [-0.05, 0) is 31.7 Å². The summed E-state index contributed by atoms with van der Waals surface area (Å²) < 4.78 is 11.1. The molecule has 1 aromatic carbocycles. The van der Waals surface area contributed by atoms with Crippen molar-refractivity contribution in [3.8, 4) is 11.5 Å². The molecule has 1 aromatic rings. The Balaban J connectivity index is 2.38. The lowest BCUT2D eigenvalue weighted by Crippen LogP contribution is -2.21. The molecule has 0 fully saturated rings. The van der Waals surface area contributed by atoms with E-state index in [-0.39, 0.29) is 0 Å². The first-order valence-electron chi connectivity index (χ1n) is 5.45. The van der Waals surface area contributed by atoms with E-state index in [1.165, 1.54) is 0 Å². The summed E-state index contributed by atoms with van der Waals surface area (Å²) in [5.74, 6) is 1.41. The molecule has 0 aliphatic carbocycles. The summed E-state index contributed by atoms with van der Waals surface area (Å²) in [5.41, 5.74) is 1.86. The van der Waals surface area contributed by atoms with Crippen LogP contribution in [0.1, 0.15) is 17.2 Å². The van der Waals surface area contributed by atoms with Crippen molar-refractivity contribution in [1.29, 1.82) is 0 Å². The van der Waals surface area contributed by atoms with Crippen LogP contribution in [0.2, 0.25) is 0 Å². The number of aryl methyl sites for hydroxylation is 1. The van der Waals surface area contributed by atoms with Crippen LogP contribution in [0.15, 0.2) is 12.1 Å². The lowest BCUT2D eigenvalue weighted by Gasteiger charge is -2.23. The molecule has 0 radical (unpaired) electrons. The van der Waals surface area contributed by atoms with Gasteiger partial charge in [0, 0.05) is 12.1 Å². The topological polar surface area (TPSA) is 50.7 Å². The van der Waals surface area contributed by atoms with E-state index in [0.717, 1.165) is 16.9 Å². The van der Waals surface area contributed by atoms with Crippen LogP contribution < -0.4 is 14.8 Å². The maximum Gasteiger partial charge on any atom is 0.167 e. The maximum atomic E-state index is 10.0. The molecule has 0 aromatic heterocycles. The van der Waals surface area contributed by atoms with Crippen molar-refractivity contribution in [2.45, 2.75) is 13.0 Å². The second-order valence-electron chi connectivity index (χ2n) is 3.95. The summed E-state index contributed by atoms with van der Waals surface area (Å²) in [6, 6.07) is 3.87. The molecule has 0 bridgehead atoms. The Morgan fingerprint density at radius 2 is 2.12 bits per heavy atom. The van der Waals surface area contributed by atoms with Crippen LogP contribution in [0.5, 0.6) is 11.5 Å². The maximum absolute atomic E-state index is 10.0. The van der Waals surface area contributed by atoms with Gasteiger partial charge in [-0.2, -0.15) is 0 Å². The van der Waals surface area contributed by atoms with Gasteiger partial charge < -0.3 is 19.9 Å². The van der Waals surface area contributed by atoms with Crippen molar-refractivity contribution in [2.75, 3.05) is 26.8 Å². The molecule has 1 atom stereocenters. The van der Waals surface area contributed by atoms with Crippen LogP contribution in [0.4, 0.5) is 0 Å². The number of aliphatic hydroxyl groups is 1. The smallest absolute Gasteiger partial charge is 0.167 e. The highest BCUT2D eigenvalue weighted by molar-refractivity contribution is 5.51. The number of ether oxygens (including phenoxy) is 2. The van der Waals surface area contributed by atoms with Gasteiger partial charge in [0.15, 0.2) is 11.5 Å². The molecule has 0 saturated heterocycles. The minimum atomic E-state index is -0.569. The fourth-order valence-electron chi connectivity index (χ4n) is 1.87. The van der Waals surface area contributed by atoms with Crippen LogP contribution in [0, 0.1) is 6.92 Å². The van der Waals surface area contributed by atoms with Crippen molar-refractivity contribution in [3.05, 3.63) is 23.3 Å². The van der Waals surface area contributed by atoms with Crippen LogP contribution in [0.25, 0.3) is 0 Å². The summed E-state index contributed by atoms with van der Waals surface area (Å²) in [7, 11) is 1.81. The molecule has 0 amide bonds. The normalized spacial score (nSPS) is 15.9. The Morgan fingerprint density at radius 3 is 2.88 bits per heavy atom. The molecule has 4 nitrogen and oxygen atoms in total. The Kier molecular flexibility index (Phi) is 3.31. The Morgan fingerprint density at radius 1 is 1.38 bits per heavy atom. The first kappa shape index (κ1) is 11.2. The lowest BCUT2D eigenvalue weighted by atomic mass is 10.0. The molecular formula is C12H17NO3. The van der Waals surface area contributed by atoms with Gasteiger partial charge in [-0.3, -0.25) is 0 Å². The fourth-order valence-corrected chi connectivity index (χ4v) is 1.87. The van der Waals surface area contributed by atoms with Gasteiger partial charge in [0.2, 0.25) is 0 Å². The molecule has 4 heteroatoms. The summed E-state index contributed by atoms with van der Waals surface area (Å²) in [4.78, 5) is 0. The second-order valence-corrected chi connectivity index (χ2v) is 3.95. The van der Waals surface area contributed by atoms with E-state index in [4.69, 9.17) is 9.47 Å². The van der Waals surface area contributed by atoms with E-state index in [2.05, 4.69) is 5.32 Å². The van der Waals surface area contributed by atoms with Crippen LogP contribution in [-0.2, 0) is 0 Å². The largest absolute Gasteiger partial charge is 0.486 e. The number of hydrogen-bond acceptors (Lipinski definition) is 4. The molecule has 1 aliphatic rings. The highest BCUT2D eigenvalue weighted by Gasteiger charge is 2.21. The zero-order valence-electron chi connectivity index (χ0n) is 9.62. The fraction of sp³-hybridized carbons (Fsp3) is 0.500. The van der Waals surface area contributed by atoms with Gasteiger partial charge in [0.1, 0.15) is 13.2 Å². The van der Waals surface area contributed by atoms with Gasteiger partial charge >= 0.3 is 0 Å². The summed E-state index contributed by atoms with van der Waals surface area (Å²) >= 11 is 0. The average Bonchev–Trinajstić information content (AvgIpc) is 2.28. The number of likely N-dealkylation sites (N-methyl/N-ethyl adjacent to an activating group) is 1. The monoisotopic (exact) mass is 223 g/mol. The van der Waals surface area contributed by atoms with Crippen LogP contribution >= 0.6 is 0 Å². The molecule has 1 unspecified atom stereocenters. The molecule has 1 aliphatic heterocycles. The van der Waals surface area contributed by atoms with Gasteiger partial charge in [0.25, 0.3) is 0 Å².